The average molecular weight is 266 g/mol. The number of hydrogen-bond donors (Lipinski definition) is 4. The smallest absolute Gasteiger partial charge is 0.273 e. The van der Waals surface area contributed by atoms with Crippen molar-refractivity contribution >= 4 is 17.1 Å². The Morgan fingerprint density at radius 3 is 2.58 bits per heavy atom. The molecule has 1 fully saturated rings. The second-order valence-corrected chi connectivity index (χ2v) is 5.00. The summed E-state index contributed by atoms with van der Waals surface area (Å²) < 4.78 is 0. The van der Waals surface area contributed by atoms with E-state index in [0.29, 0.717) is 17.9 Å². The number of anilines is 2. The number of benzene rings is 1. The lowest BCUT2D eigenvalue weighted by Crippen LogP contribution is -2.17. The summed E-state index contributed by atoms with van der Waals surface area (Å²) in [5.74, 6) is 5.30. The van der Waals surface area contributed by atoms with E-state index in [2.05, 4.69) is 10.7 Å². The molecule has 1 aromatic carbocycles. The number of aliphatic hydroxyl groups excluding tert-OH is 1. The average Bonchev–Trinajstić information content (AvgIpc) is 3.17. The number of rotatable bonds is 7. The van der Waals surface area contributed by atoms with E-state index in [-0.39, 0.29) is 17.7 Å². The molecule has 7 heteroatoms. The molecular formula is C12H18N4O3. The minimum atomic E-state index is -0.452. The zero-order chi connectivity index (χ0) is 13.9. The Morgan fingerprint density at radius 2 is 2.05 bits per heavy atom. The predicted octanol–water partition coefficient (Wildman–Crippen LogP) is 1.45. The number of nitrogens with one attached hydrogen (secondary N) is 2. The van der Waals surface area contributed by atoms with E-state index < -0.39 is 4.92 Å². The van der Waals surface area contributed by atoms with Gasteiger partial charge in [-0.05, 0) is 30.7 Å². The van der Waals surface area contributed by atoms with Crippen LogP contribution in [0.3, 0.4) is 0 Å². The molecule has 0 atom stereocenters. The van der Waals surface area contributed by atoms with Crippen LogP contribution < -0.4 is 16.6 Å². The van der Waals surface area contributed by atoms with Gasteiger partial charge < -0.3 is 15.8 Å². The van der Waals surface area contributed by atoms with Gasteiger partial charge in [0.15, 0.2) is 0 Å². The quantitative estimate of drug-likeness (QED) is 0.337. The number of nitrogens with zero attached hydrogens (tertiary/aromatic N) is 1. The molecule has 0 saturated heterocycles. The number of nitro benzene ring substituents is 1. The lowest BCUT2D eigenvalue weighted by Gasteiger charge is -2.16. The molecule has 1 aromatic rings. The molecule has 7 nitrogen and oxygen atoms in total. The van der Waals surface area contributed by atoms with Gasteiger partial charge in [-0.15, -0.1) is 0 Å². The van der Waals surface area contributed by atoms with Crippen molar-refractivity contribution in [1.82, 2.24) is 0 Å². The first-order chi connectivity index (χ1) is 9.08. The third kappa shape index (κ3) is 3.33. The summed E-state index contributed by atoms with van der Waals surface area (Å²) in [7, 11) is 0. The summed E-state index contributed by atoms with van der Waals surface area (Å²) in [5.41, 5.74) is 3.70. The highest BCUT2D eigenvalue weighted by atomic mass is 16.6. The van der Waals surface area contributed by atoms with E-state index >= 15 is 0 Å². The van der Waals surface area contributed by atoms with E-state index in [1.54, 1.807) is 6.07 Å². The molecule has 0 heterocycles. The second kappa shape index (κ2) is 5.41. The van der Waals surface area contributed by atoms with Crippen molar-refractivity contribution in [3.05, 3.63) is 28.3 Å². The van der Waals surface area contributed by atoms with Crippen LogP contribution in [0.5, 0.6) is 0 Å². The Morgan fingerprint density at radius 1 is 1.37 bits per heavy atom. The zero-order valence-electron chi connectivity index (χ0n) is 10.6. The van der Waals surface area contributed by atoms with Crippen molar-refractivity contribution in [2.75, 3.05) is 23.9 Å². The number of aliphatic hydroxyl groups is 1. The summed E-state index contributed by atoms with van der Waals surface area (Å²) >= 11 is 0. The van der Waals surface area contributed by atoms with E-state index in [9.17, 15) is 10.1 Å². The monoisotopic (exact) mass is 266 g/mol. The van der Waals surface area contributed by atoms with E-state index in [4.69, 9.17) is 10.9 Å². The second-order valence-electron chi connectivity index (χ2n) is 5.00. The van der Waals surface area contributed by atoms with Gasteiger partial charge in [0, 0.05) is 31.0 Å². The first kappa shape index (κ1) is 13.6. The molecule has 104 valence electrons. The van der Waals surface area contributed by atoms with Gasteiger partial charge in [-0.1, -0.05) is 0 Å². The Balaban J connectivity index is 2.07. The highest BCUT2D eigenvalue weighted by molar-refractivity contribution is 5.63. The van der Waals surface area contributed by atoms with Gasteiger partial charge in [-0.2, -0.15) is 0 Å². The van der Waals surface area contributed by atoms with Crippen molar-refractivity contribution < 1.29 is 10.0 Å². The molecule has 0 aliphatic heterocycles. The molecule has 1 aliphatic rings. The van der Waals surface area contributed by atoms with E-state index in [1.807, 2.05) is 0 Å². The fourth-order valence-electron chi connectivity index (χ4n) is 2.12. The molecule has 1 aliphatic carbocycles. The number of nitrogen functional groups attached to an aromatic ring is 1. The molecule has 0 spiro atoms. The van der Waals surface area contributed by atoms with Gasteiger partial charge in [0.2, 0.25) is 0 Å². The summed E-state index contributed by atoms with van der Waals surface area (Å²) in [5, 5.41) is 23.0. The fraction of sp³-hybridized carbons (Fsp3) is 0.500. The van der Waals surface area contributed by atoms with Crippen LogP contribution in [0.15, 0.2) is 18.2 Å². The van der Waals surface area contributed by atoms with Crippen LogP contribution in [-0.4, -0.2) is 23.2 Å². The van der Waals surface area contributed by atoms with Crippen LogP contribution in [0, 0.1) is 15.5 Å². The van der Waals surface area contributed by atoms with E-state index in [1.165, 1.54) is 12.1 Å². The van der Waals surface area contributed by atoms with Gasteiger partial charge in [-0.3, -0.25) is 16.0 Å². The molecule has 0 amide bonds. The minimum Gasteiger partial charge on any atom is -0.396 e. The Kier molecular flexibility index (Phi) is 3.87. The summed E-state index contributed by atoms with van der Waals surface area (Å²) in [6.07, 6.45) is 2.92. The normalized spacial score (nSPS) is 15.9. The number of hydrazine groups is 1. The zero-order valence-corrected chi connectivity index (χ0v) is 10.6. The highest BCUT2D eigenvalue weighted by Gasteiger charge is 2.41. The largest absolute Gasteiger partial charge is 0.396 e. The van der Waals surface area contributed by atoms with Crippen molar-refractivity contribution in [3.63, 3.8) is 0 Å². The van der Waals surface area contributed by atoms with Gasteiger partial charge in [0.25, 0.3) is 5.69 Å². The van der Waals surface area contributed by atoms with Crippen molar-refractivity contribution in [1.29, 1.82) is 0 Å². The van der Waals surface area contributed by atoms with Crippen LogP contribution in [0.2, 0.25) is 0 Å². The number of hydrogen-bond acceptors (Lipinski definition) is 6. The van der Waals surface area contributed by atoms with Gasteiger partial charge in [0.1, 0.15) is 0 Å². The van der Waals surface area contributed by atoms with Crippen molar-refractivity contribution in [2.45, 2.75) is 19.3 Å². The third-order valence-electron chi connectivity index (χ3n) is 3.56. The van der Waals surface area contributed by atoms with E-state index in [0.717, 1.165) is 19.3 Å². The molecule has 0 radical (unpaired) electrons. The maximum atomic E-state index is 10.8. The van der Waals surface area contributed by atoms with Crippen LogP contribution in [0.25, 0.3) is 0 Å². The van der Waals surface area contributed by atoms with Crippen molar-refractivity contribution in [2.24, 2.45) is 11.3 Å². The number of nitro groups is 1. The summed E-state index contributed by atoms with van der Waals surface area (Å²) in [6, 6.07) is 4.59. The maximum absolute atomic E-state index is 10.8. The van der Waals surface area contributed by atoms with Gasteiger partial charge >= 0.3 is 0 Å². The molecule has 19 heavy (non-hydrogen) atoms. The first-order valence-electron chi connectivity index (χ1n) is 6.19. The minimum absolute atomic E-state index is 0.00930. The fourth-order valence-corrected chi connectivity index (χ4v) is 2.12. The topological polar surface area (TPSA) is 113 Å². The molecular weight excluding hydrogens is 248 g/mol. The maximum Gasteiger partial charge on any atom is 0.273 e. The van der Waals surface area contributed by atoms with Crippen molar-refractivity contribution in [3.8, 4) is 0 Å². The highest BCUT2D eigenvalue weighted by Crippen LogP contribution is 2.48. The molecule has 0 aromatic heterocycles. The van der Waals surface area contributed by atoms with Crippen LogP contribution in [-0.2, 0) is 0 Å². The molecule has 0 bridgehead atoms. The Labute approximate surface area is 110 Å². The third-order valence-corrected chi connectivity index (χ3v) is 3.56. The molecule has 0 unspecified atom stereocenters. The lowest BCUT2D eigenvalue weighted by molar-refractivity contribution is -0.384. The Bertz CT molecular complexity index is 474. The number of non-ortho nitro benzene ring substituents is 1. The van der Waals surface area contributed by atoms with Crippen LogP contribution in [0.4, 0.5) is 17.1 Å². The number of nitrogens with two attached hydrogens (primary N) is 1. The molecule has 2 rings (SSSR count). The van der Waals surface area contributed by atoms with Crippen LogP contribution >= 0.6 is 0 Å². The Hall–Kier alpha value is -1.86. The first-order valence-corrected chi connectivity index (χ1v) is 6.19. The van der Waals surface area contributed by atoms with Gasteiger partial charge in [-0.25, -0.2) is 0 Å². The standard InChI is InChI=1S/C12H18N4O3/c13-15-10-5-9(6-11(7-10)16(18)19)14-8-12(1-2-12)3-4-17/h5-7,14-15,17H,1-4,8,13H2. The summed E-state index contributed by atoms with van der Waals surface area (Å²) in [4.78, 5) is 10.4. The molecule has 1 saturated carbocycles. The predicted molar refractivity (Wildman–Crippen MR) is 72.8 cm³/mol. The molecule has 5 N–H and O–H groups in total. The SMILES string of the molecule is NNc1cc(NCC2(CCO)CC2)cc([N+](=O)[O-])c1. The summed E-state index contributed by atoms with van der Waals surface area (Å²) in [6.45, 7) is 0.880. The lowest BCUT2D eigenvalue weighted by atomic mass is 10.0. The van der Waals surface area contributed by atoms with Crippen LogP contribution in [0.1, 0.15) is 19.3 Å². The van der Waals surface area contributed by atoms with Gasteiger partial charge in [0.05, 0.1) is 10.6 Å².